The van der Waals surface area contributed by atoms with Crippen LogP contribution in [0.15, 0.2) is 48.5 Å². The van der Waals surface area contributed by atoms with Gasteiger partial charge in [-0.15, -0.1) is 0 Å². The molecule has 1 spiro atoms. The number of benzene rings is 2. The van der Waals surface area contributed by atoms with Gasteiger partial charge in [0.15, 0.2) is 5.41 Å². The van der Waals surface area contributed by atoms with Crippen LogP contribution in [-0.2, 0) is 22.6 Å². The number of carbonyl (C=O) groups excluding carboxylic acids is 3. The Kier molecular flexibility index (Phi) is 4.92. The van der Waals surface area contributed by atoms with E-state index in [1.807, 2.05) is 35.2 Å². The number of amides is 4. The third-order valence-electron chi connectivity index (χ3n) is 7.17. The molecule has 4 amide bonds. The van der Waals surface area contributed by atoms with Crippen LogP contribution in [0.25, 0.3) is 0 Å². The quantitative estimate of drug-likeness (QED) is 0.439. The number of nitro benzene ring substituents is 1. The largest absolute Gasteiger partial charge is 0.367 e. The first-order valence-electron chi connectivity index (χ1n) is 11.1. The maximum absolute atomic E-state index is 14.0. The van der Waals surface area contributed by atoms with Crippen molar-refractivity contribution >= 4 is 29.2 Å². The van der Waals surface area contributed by atoms with E-state index in [2.05, 4.69) is 12.2 Å². The predicted octanol–water partition coefficient (Wildman–Crippen LogP) is 3.02. The smallest absolute Gasteiger partial charge is 0.331 e. The number of anilines is 1. The van der Waals surface area contributed by atoms with Crippen LogP contribution in [0.4, 0.5) is 16.2 Å². The lowest BCUT2D eigenvalue weighted by atomic mass is 9.64. The molecule has 9 heteroatoms. The first kappa shape index (κ1) is 21.1. The number of piperidine rings is 1. The number of urea groups is 1. The van der Waals surface area contributed by atoms with E-state index in [-0.39, 0.29) is 18.7 Å². The molecule has 3 aliphatic heterocycles. The number of carbonyl (C=O) groups is 3. The molecule has 2 aromatic rings. The number of nitro groups is 1. The highest BCUT2D eigenvalue weighted by Crippen LogP contribution is 2.49. The van der Waals surface area contributed by atoms with E-state index in [1.54, 1.807) is 6.07 Å². The second-order valence-corrected chi connectivity index (χ2v) is 9.19. The van der Waals surface area contributed by atoms with Gasteiger partial charge < -0.3 is 4.90 Å². The van der Waals surface area contributed by atoms with Crippen molar-refractivity contribution in [3.05, 3.63) is 69.8 Å². The molecule has 2 saturated heterocycles. The number of imide groups is 2. The van der Waals surface area contributed by atoms with Crippen LogP contribution in [0.5, 0.6) is 0 Å². The van der Waals surface area contributed by atoms with Gasteiger partial charge in [-0.2, -0.15) is 0 Å². The number of non-ortho nitro benzene ring substituents is 1. The van der Waals surface area contributed by atoms with Gasteiger partial charge in [0, 0.05) is 30.8 Å². The normalized spacial score (nSPS) is 26.6. The molecule has 0 saturated carbocycles. The van der Waals surface area contributed by atoms with Crippen molar-refractivity contribution in [3.63, 3.8) is 0 Å². The van der Waals surface area contributed by atoms with E-state index < -0.39 is 34.2 Å². The van der Waals surface area contributed by atoms with Crippen molar-refractivity contribution < 1.29 is 19.3 Å². The summed E-state index contributed by atoms with van der Waals surface area (Å²) in [5.41, 5.74) is 0.544. The summed E-state index contributed by atoms with van der Waals surface area (Å²) in [7, 11) is 0. The standard InChI is InChI=1S/C24H24N4O5/c1-15-9-10-26-19-8-7-18(28(32)33)12-17(19)13-24(20(26)11-15)21(29)25-23(31)27(22(24)30)14-16-5-3-2-4-6-16/h2-8,12,15,20H,9-11,13-14H2,1H3,(H,25,29,31)/t15-,20+,24-/m1/s1. The topological polar surface area (TPSA) is 113 Å². The zero-order valence-electron chi connectivity index (χ0n) is 18.2. The van der Waals surface area contributed by atoms with Crippen LogP contribution in [0.3, 0.4) is 0 Å². The lowest BCUT2D eigenvalue weighted by molar-refractivity contribution is -0.384. The average molecular weight is 448 g/mol. The number of hydrogen-bond acceptors (Lipinski definition) is 6. The zero-order valence-corrected chi connectivity index (χ0v) is 18.2. The van der Waals surface area contributed by atoms with Crippen LogP contribution in [0.1, 0.15) is 30.9 Å². The second-order valence-electron chi connectivity index (χ2n) is 9.19. The Bertz CT molecular complexity index is 1170. The Balaban J connectivity index is 1.62. The average Bonchev–Trinajstić information content (AvgIpc) is 2.80. The highest BCUT2D eigenvalue weighted by Gasteiger charge is 2.62. The summed E-state index contributed by atoms with van der Waals surface area (Å²) >= 11 is 0. The van der Waals surface area contributed by atoms with Gasteiger partial charge in [0.1, 0.15) is 0 Å². The summed E-state index contributed by atoms with van der Waals surface area (Å²) in [5.74, 6) is -0.868. The van der Waals surface area contributed by atoms with Gasteiger partial charge in [-0.1, -0.05) is 37.3 Å². The minimum absolute atomic E-state index is 0.0150. The second kappa shape index (κ2) is 7.68. The minimum Gasteiger partial charge on any atom is -0.367 e. The Morgan fingerprint density at radius 3 is 2.64 bits per heavy atom. The number of rotatable bonds is 3. The third kappa shape index (κ3) is 3.26. The van der Waals surface area contributed by atoms with Gasteiger partial charge in [-0.3, -0.25) is 29.9 Å². The van der Waals surface area contributed by atoms with Gasteiger partial charge in [-0.05, 0) is 36.0 Å². The summed E-state index contributed by atoms with van der Waals surface area (Å²) < 4.78 is 0. The number of hydrogen-bond donors (Lipinski definition) is 1. The Hall–Kier alpha value is -3.75. The fraction of sp³-hybridized carbons (Fsp3) is 0.375. The van der Waals surface area contributed by atoms with Gasteiger partial charge in [0.2, 0.25) is 11.8 Å². The monoisotopic (exact) mass is 448 g/mol. The number of barbiturate groups is 1. The lowest BCUT2D eigenvalue weighted by Gasteiger charge is -2.54. The molecule has 3 atom stereocenters. The number of nitrogens with zero attached hydrogens (tertiary/aromatic N) is 3. The summed E-state index contributed by atoms with van der Waals surface area (Å²) in [5, 5.41) is 13.8. The van der Waals surface area contributed by atoms with E-state index in [0.29, 0.717) is 24.4 Å². The molecule has 0 aromatic heterocycles. The Morgan fingerprint density at radius 1 is 1.15 bits per heavy atom. The molecule has 0 aliphatic carbocycles. The third-order valence-corrected chi connectivity index (χ3v) is 7.17. The summed E-state index contributed by atoms with van der Waals surface area (Å²) in [4.78, 5) is 54.2. The van der Waals surface area contributed by atoms with Gasteiger partial charge >= 0.3 is 6.03 Å². The SMILES string of the molecule is C[C@@H]1CCN2c3ccc([N+](=O)[O-])cc3C[C@]3(C(=O)NC(=O)N(Cc4ccccc4)C3=O)[C@@H]2C1. The van der Waals surface area contributed by atoms with Crippen LogP contribution in [0.2, 0.25) is 0 Å². The fourth-order valence-electron chi connectivity index (χ4n) is 5.49. The molecule has 170 valence electrons. The van der Waals surface area contributed by atoms with Gasteiger partial charge in [0.05, 0.1) is 17.5 Å². The molecule has 0 radical (unpaired) electrons. The molecule has 2 aromatic carbocycles. The molecule has 9 nitrogen and oxygen atoms in total. The van der Waals surface area contributed by atoms with E-state index in [1.165, 1.54) is 12.1 Å². The van der Waals surface area contributed by atoms with Crippen molar-refractivity contribution in [2.45, 2.75) is 38.8 Å². The van der Waals surface area contributed by atoms with Crippen molar-refractivity contribution in [3.8, 4) is 0 Å². The molecule has 33 heavy (non-hydrogen) atoms. The molecular weight excluding hydrogens is 424 g/mol. The van der Waals surface area contributed by atoms with E-state index in [9.17, 15) is 24.5 Å². The maximum Gasteiger partial charge on any atom is 0.331 e. The van der Waals surface area contributed by atoms with Gasteiger partial charge in [0.25, 0.3) is 5.69 Å². The van der Waals surface area contributed by atoms with E-state index in [4.69, 9.17) is 0 Å². The predicted molar refractivity (Wildman–Crippen MR) is 119 cm³/mol. The van der Waals surface area contributed by atoms with Crippen LogP contribution in [0, 0.1) is 21.4 Å². The van der Waals surface area contributed by atoms with Crippen LogP contribution in [-0.4, -0.2) is 40.3 Å². The Morgan fingerprint density at radius 2 is 1.91 bits per heavy atom. The van der Waals surface area contributed by atoms with Gasteiger partial charge in [-0.25, -0.2) is 4.79 Å². The lowest BCUT2D eigenvalue weighted by Crippen LogP contribution is -2.72. The molecule has 2 fully saturated rings. The maximum atomic E-state index is 14.0. The molecule has 5 rings (SSSR count). The van der Waals surface area contributed by atoms with E-state index >= 15 is 0 Å². The molecule has 0 bridgehead atoms. The highest BCUT2D eigenvalue weighted by molar-refractivity contribution is 6.20. The van der Waals surface area contributed by atoms with Crippen LogP contribution < -0.4 is 10.2 Å². The van der Waals surface area contributed by atoms with E-state index in [0.717, 1.165) is 22.6 Å². The Labute approximate surface area is 190 Å². The van der Waals surface area contributed by atoms with Crippen molar-refractivity contribution in [1.29, 1.82) is 0 Å². The van der Waals surface area contributed by atoms with Crippen LogP contribution >= 0.6 is 0 Å². The molecule has 0 unspecified atom stereocenters. The first-order chi connectivity index (χ1) is 15.8. The zero-order chi connectivity index (χ0) is 23.3. The summed E-state index contributed by atoms with van der Waals surface area (Å²) in [6.45, 7) is 2.77. The molecule has 3 heterocycles. The molecule has 3 aliphatic rings. The van der Waals surface area contributed by atoms with Crippen molar-refractivity contribution in [1.82, 2.24) is 10.2 Å². The van der Waals surface area contributed by atoms with Crippen molar-refractivity contribution in [2.75, 3.05) is 11.4 Å². The summed E-state index contributed by atoms with van der Waals surface area (Å²) in [6.07, 6.45) is 1.51. The minimum atomic E-state index is -1.53. The summed E-state index contributed by atoms with van der Waals surface area (Å²) in [6, 6.07) is 12.6. The molecular formula is C24H24N4O5. The first-order valence-corrected chi connectivity index (χ1v) is 11.1. The highest BCUT2D eigenvalue weighted by atomic mass is 16.6. The molecule has 1 N–H and O–H groups in total. The number of nitrogens with one attached hydrogen (secondary N) is 1. The van der Waals surface area contributed by atoms with Crippen molar-refractivity contribution in [2.24, 2.45) is 11.3 Å². The number of fused-ring (bicyclic) bond motifs is 4. The fourth-order valence-corrected chi connectivity index (χ4v) is 5.49.